The lowest BCUT2D eigenvalue weighted by atomic mass is 10.1. The van der Waals surface area contributed by atoms with Crippen LogP contribution in [0.1, 0.15) is 18.4 Å². The van der Waals surface area contributed by atoms with Gasteiger partial charge >= 0.3 is 0 Å². The van der Waals surface area contributed by atoms with Gasteiger partial charge < -0.3 is 10.2 Å². The lowest BCUT2D eigenvalue weighted by molar-refractivity contribution is -0.121. The van der Waals surface area contributed by atoms with E-state index >= 15 is 0 Å². The van der Waals surface area contributed by atoms with Gasteiger partial charge in [-0.2, -0.15) is 0 Å². The molecule has 138 valence electrons. The van der Waals surface area contributed by atoms with E-state index in [0.717, 1.165) is 57.7 Å². The molecule has 0 atom stereocenters. The highest BCUT2D eigenvalue weighted by Crippen LogP contribution is 2.15. The number of rotatable bonds is 8. The predicted octanol–water partition coefficient (Wildman–Crippen LogP) is 2.34. The van der Waals surface area contributed by atoms with Crippen LogP contribution in [0.25, 0.3) is 0 Å². The zero-order valence-corrected chi connectivity index (χ0v) is 15.3. The minimum Gasteiger partial charge on any atom is -0.369 e. The molecule has 1 aliphatic rings. The summed E-state index contributed by atoms with van der Waals surface area (Å²) in [5, 5.41) is 3.04. The van der Waals surface area contributed by atoms with Crippen molar-refractivity contribution in [1.82, 2.24) is 15.2 Å². The average Bonchev–Trinajstić information content (AvgIpc) is 2.71. The highest BCUT2D eigenvalue weighted by molar-refractivity contribution is 5.76. The van der Waals surface area contributed by atoms with Crippen LogP contribution in [-0.2, 0) is 11.2 Å². The standard InChI is InChI=1S/C21H28N4O/c26-21(8-7-19-9-12-22-13-10-19)23-11-4-14-24-15-17-25(18-16-24)20-5-2-1-3-6-20/h1-3,5-6,9-10,12-13H,4,7-8,11,14-18H2,(H,23,26). The van der Waals surface area contributed by atoms with Crippen LogP contribution in [0, 0.1) is 0 Å². The van der Waals surface area contributed by atoms with Crippen molar-refractivity contribution < 1.29 is 4.79 Å². The lowest BCUT2D eigenvalue weighted by Gasteiger charge is -2.36. The number of benzene rings is 1. The first-order valence-electron chi connectivity index (χ1n) is 9.49. The van der Waals surface area contributed by atoms with E-state index in [4.69, 9.17) is 0 Å². The molecule has 1 aromatic carbocycles. The molecule has 0 aliphatic carbocycles. The second kappa shape index (κ2) is 9.92. The Labute approximate surface area is 156 Å². The minimum atomic E-state index is 0.135. The number of nitrogens with one attached hydrogen (secondary N) is 1. The predicted molar refractivity (Wildman–Crippen MR) is 105 cm³/mol. The molecule has 1 saturated heterocycles. The van der Waals surface area contributed by atoms with Crippen LogP contribution in [0.5, 0.6) is 0 Å². The monoisotopic (exact) mass is 352 g/mol. The van der Waals surface area contributed by atoms with Crippen LogP contribution in [0.4, 0.5) is 5.69 Å². The number of carbonyl (C=O) groups excluding carboxylic acids is 1. The van der Waals surface area contributed by atoms with E-state index in [1.165, 1.54) is 5.69 Å². The number of pyridine rings is 1. The first kappa shape index (κ1) is 18.4. The van der Waals surface area contributed by atoms with E-state index in [0.29, 0.717) is 6.42 Å². The number of piperazine rings is 1. The quantitative estimate of drug-likeness (QED) is 0.741. The van der Waals surface area contributed by atoms with Crippen molar-refractivity contribution >= 4 is 11.6 Å². The third-order valence-electron chi connectivity index (χ3n) is 4.86. The highest BCUT2D eigenvalue weighted by atomic mass is 16.1. The molecule has 26 heavy (non-hydrogen) atoms. The van der Waals surface area contributed by atoms with Gasteiger partial charge in [0.15, 0.2) is 0 Å². The van der Waals surface area contributed by atoms with Gasteiger partial charge in [-0.25, -0.2) is 0 Å². The van der Waals surface area contributed by atoms with E-state index in [-0.39, 0.29) is 5.91 Å². The lowest BCUT2D eigenvalue weighted by Crippen LogP contribution is -2.47. The normalized spacial score (nSPS) is 15.0. The number of aromatic nitrogens is 1. The maximum atomic E-state index is 11.9. The van der Waals surface area contributed by atoms with Crippen LogP contribution in [0.15, 0.2) is 54.9 Å². The summed E-state index contributed by atoms with van der Waals surface area (Å²) in [5.41, 5.74) is 2.47. The third-order valence-corrected chi connectivity index (χ3v) is 4.86. The van der Waals surface area contributed by atoms with E-state index < -0.39 is 0 Å². The van der Waals surface area contributed by atoms with Gasteiger partial charge in [-0.15, -0.1) is 0 Å². The van der Waals surface area contributed by atoms with Crippen molar-refractivity contribution in [3.8, 4) is 0 Å². The van der Waals surface area contributed by atoms with Gasteiger partial charge in [-0.3, -0.25) is 14.7 Å². The van der Waals surface area contributed by atoms with Gasteiger partial charge in [-0.1, -0.05) is 18.2 Å². The zero-order valence-electron chi connectivity index (χ0n) is 15.3. The highest BCUT2D eigenvalue weighted by Gasteiger charge is 2.16. The second-order valence-electron chi connectivity index (χ2n) is 6.72. The fourth-order valence-electron chi connectivity index (χ4n) is 3.29. The SMILES string of the molecule is O=C(CCc1ccncc1)NCCCN1CCN(c2ccccc2)CC1. The molecule has 0 spiro atoms. The first-order valence-corrected chi connectivity index (χ1v) is 9.49. The Morgan fingerprint density at radius 3 is 2.46 bits per heavy atom. The number of hydrogen-bond acceptors (Lipinski definition) is 4. The fraction of sp³-hybridized carbons (Fsp3) is 0.429. The molecule has 0 bridgehead atoms. The molecule has 5 nitrogen and oxygen atoms in total. The molecule has 0 saturated carbocycles. The Bertz CT molecular complexity index is 654. The largest absolute Gasteiger partial charge is 0.369 e. The Balaban J connectivity index is 1.26. The summed E-state index contributed by atoms with van der Waals surface area (Å²) < 4.78 is 0. The van der Waals surface area contributed by atoms with Crippen LogP contribution >= 0.6 is 0 Å². The summed E-state index contributed by atoms with van der Waals surface area (Å²) in [7, 11) is 0. The minimum absolute atomic E-state index is 0.135. The summed E-state index contributed by atoms with van der Waals surface area (Å²) in [5.74, 6) is 0.135. The van der Waals surface area contributed by atoms with Crippen molar-refractivity contribution in [3.05, 3.63) is 60.4 Å². The van der Waals surface area contributed by atoms with E-state index in [1.807, 2.05) is 12.1 Å². The van der Waals surface area contributed by atoms with Crippen molar-refractivity contribution in [3.63, 3.8) is 0 Å². The van der Waals surface area contributed by atoms with E-state index in [2.05, 4.69) is 50.4 Å². The molecule has 2 aromatic rings. The van der Waals surface area contributed by atoms with Crippen molar-refractivity contribution in [2.24, 2.45) is 0 Å². The van der Waals surface area contributed by atoms with E-state index in [1.54, 1.807) is 12.4 Å². The van der Waals surface area contributed by atoms with Crippen molar-refractivity contribution in [2.75, 3.05) is 44.2 Å². The van der Waals surface area contributed by atoms with Gasteiger partial charge in [0.25, 0.3) is 0 Å². The van der Waals surface area contributed by atoms with Gasteiger partial charge in [0.05, 0.1) is 0 Å². The van der Waals surface area contributed by atoms with E-state index in [9.17, 15) is 4.79 Å². The molecule has 0 unspecified atom stereocenters. The molecular formula is C21H28N4O. The number of amides is 1. The Morgan fingerprint density at radius 2 is 1.73 bits per heavy atom. The fourth-order valence-corrected chi connectivity index (χ4v) is 3.29. The first-order chi connectivity index (χ1) is 12.8. The molecule has 1 fully saturated rings. The van der Waals surface area contributed by atoms with Gasteiger partial charge in [0.1, 0.15) is 0 Å². The summed E-state index contributed by atoms with van der Waals surface area (Å²) in [4.78, 5) is 20.8. The maximum Gasteiger partial charge on any atom is 0.220 e. The number of carbonyl (C=O) groups is 1. The van der Waals surface area contributed by atoms with Gasteiger partial charge in [0.2, 0.25) is 5.91 Å². The van der Waals surface area contributed by atoms with Crippen LogP contribution < -0.4 is 10.2 Å². The summed E-state index contributed by atoms with van der Waals surface area (Å²) in [6.07, 6.45) is 5.86. The molecular weight excluding hydrogens is 324 g/mol. The van der Waals surface area contributed by atoms with Crippen LogP contribution in [-0.4, -0.2) is 55.1 Å². The molecule has 2 heterocycles. The maximum absolute atomic E-state index is 11.9. The van der Waals surface area contributed by atoms with Crippen LogP contribution in [0.3, 0.4) is 0 Å². The van der Waals surface area contributed by atoms with Gasteiger partial charge in [0, 0.05) is 57.2 Å². The Kier molecular flexibility index (Phi) is 7.02. The Morgan fingerprint density at radius 1 is 1.00 bits per heavy atom. The molecule has 1 aromatic heterocycles. The Hall–Kier alpha value is -2.40. The number of hydrogen-bond donors (Lipinski definition) is 1. The van der Waals surface area contributed by atoms with Crippen molar-refractivity contribution in [1.29, 1.82) is 0 Å². The third kappa shape index (κ3) is 5.85. The molecule has 5 heteroatoms. The molecule has 0 radical (unpaired) electrons. The number of anilines is 1. The molecule has 1 amide bonds. The number of aryl methyl sites for hydroxylation is 1. The zero-order chi connectivity index (χ0) is 18.0. The summed E-state index contributed by atoms with van der Waals surface area (Å²) >= 11 is 0. The molecule has 3 rings (SSSR count). The number of para-hydroxylation sites is 1. The van der Waals surface area contributed by atoms with Gasteiger partial charge in [-0.05, 0) is 49.2 Å². The van der Waals surface area contributed by atoms with Crippen molar-refractivity contribution in [2.45, 2.75) is 19.3 Å². The van der Waals surface area contributed by atoms with Crippen LogP contribution in [0.2, 0.25) is 0 Å². The smallest absolute Gasteiger partial charge is 0.220 e. The molecule has 1 aliphatic heterocycles. The topological polar surface area (TPSA) is 48.5 Å². The average molecular weight is 352 g/mol. The summed E-state index contributed by atoms with van der Waals surface area (Å²) in [6.45, 7) is 6.13. The summed E-state index contributed by atoms with van der Waals surface area (Å²) in [6, 6.07) is 14.5. The number of nitrogens with zero attached hydrogens (tertiary/aromatic N) is 3. The molecule has 1 N–H and O–H groups in total. The second-order valence-corrected chi connectivity index (χ2v) is 6.72.